The Morgan fingerprint density at radius 3 is 2.53 bits per heavy atom. The van der Waals surface area contributed by atoms with Crippen LogP contribution < -0.4 is 10.6 Å². The molecule has 2 amide bonds. The van der Waals surface area contributed by atoms with Gasteiger partial charge >= 0.3 is 6.03 Å². The number of hydrogen-bond donors (Lipinski definition) is 2. The van der Waals surface area contributed by atoms with E-state index in [0.717, 1.165) is 44.2 Å². The molecule has 0 radical (unpaired) electrons. The average molecular weight is 439 g/mol. The van der Waals surface area contributed by atoms with Crippen LogP contribution in [0.15, 0.2) is 44.8 Å². The summed E-state index contributed by atoms with van der Waals surface area (Å²) in [7, 11) is 0. The number of benzene rings is 1. The van der Waals surface area contributed by atoms with Crippen molar-refractivity contribution in [3.8, 4) is 0 Å². The third-order valence-electron chi connectivity index (χ3n) is 5.43. The summed E-state index contributed by atoms with van der Waals surface area (Å²) in [6.45, 7) is 10.9. The van der Waals surface area contributed by atoms with Gasteiger partial charge < -0.3 is 14.6 Å². The highest BCUT2D eigenvalue weighted by Gasteiger charge is 2.21. The Morgan fingerprint density at radius 1 is 1.16 bits per heavy atom. The van der Waals surface area contributed by atoms with Crippen LogP contribution in [0, 0.1) is 0 Å². The summed E-state index contributed by atoms with van der Waals surface area (Å²) < 4.78 is 10.7. The Bertz CT molecular complexity index is 984. The van der Waals surface area contributed by atoms with Gasteiger partial charge in [-0.1, -0.05) is 38.1 Å². The van der Waals surface area contributed by atoms with E-state index in [1.165, 1.54) is 0 Å². The van der Waals surface area contributed by atoms with E-state index in [-0.39, 0.29) is 17.4 Å². The molecule has 32 heavy (non-hydrogen) atoms. The van der Waals surface area contributed by atoms with Gasteiger partial charge in [0.05, 0.1) is 26.3 Å². The number of carbonyl (C=O) groups is 1. The monoisotopic (exact) mass is 438 g/mol. The molecule has 1 aromatic carbocycles. The number of nitrogens with zero attached hydrogens (tertiary/aromatic N) is 4. The number of morpholine rings is 1. The van der Waals surface area contributed by atoms with Crippen molar-refractivity contribution >= 4 is 29.6 Å². The summed E-state index contributed by atoms with van der Waals surface area (Å²) in [5.74, 6) is 2.10. The first-order chi connectivity index (χ1) is 15.4. The van der Waals surface area contributed by atoms with Gasteiger partial charge in [0.1, 0.15) is 11.6 Å². The van der Waals surface area contributed by atoms with Crippen LogP contribution in [0.25, 0.3) is 0 Å². The molecule has 1 unspecified atom stereocenters. The van der Waals surface area contributed by atoms with Crippen molar-refractivity contribution in [2.45, 2.75) is 32.1 Å². The van der Waals surface area contributed by atoms with E-state index in [4.69, 9.17) is 9.26 Å². The molecule has 1 fully saturated rings. The van der Waals surface area contributed by atoms with Gasteiger partial charge in [-0.2, -0.15) is 0 Å². The van der Waals surface area contributed by atoms with Crippen molar-refractivity contribution < 1.29 is 14.1 Å². The lowest BCUT2D eigenvalue weighted by atomic mass is 9.93. The maximum Gasteiger partial charge on any atom is 0.324 e. The Hall–Kier alpha value is -3.04. The Balaban J connectivity index is 1.27. The molecule has 2 aromatic rings. The molecular weight excluding hydrogens is 408 g/mol. The lowest BCUT2D eigenvalue weighted by Crippen LogP contribution is -2.39. The quantitative estimate of drug-likeness (QED) is 0.743. The molecule has 170 valence electrons. The standard InChI is InChI=1S/C23H30N6O3/c1-23(2,3)19-12-20(28-32-19)27-22(30)26-18-6-4-16(5-7-18)17-13-24-21(25-14-17)15-29-8-10-31-11-9-29/h4-7,12-13,17H,8-11,14-15H2,1-3H3,(H2,26,27,28,30). The molecule has 1 saturated heterocycles. The van der Waals surface area contributed by atoms with Crippen molar-refractivity contribution in [2.75, 3.05) is 50.0 Å². The number of anilines is 2. The second-order valence-electron chi connectivity index (χ2n) is 9.06. The zero-order chi connectivity index (χ0) is 22.6. The maximum atomic E-state index is 12.3. The SMILES string of the molecule is CC(C)(C)c1cc(NC(=O)Nc2ccc(C3C=NC(CN4CCOCC4)=NC3)cc2)no1. The normalized spacial score (nSPS) is 19.5. The van der Waals surface area contributed by atoms with E-state index < -0.39 is 0 Å². The summed E-state index contributed by atoms with van der Waals surface area (Å²) in [5, 5.41) is 9.41. The second-order valence-corrected chi connectivity index (χ2v) is 9.06. The van der Waals surface area contributed by atoms with Crippen LogP contribution in [-0.4, -0.2) is 67.5 Å². The third kappa shape index (κ3) is 5.80. The average Bonchev–Trinajstić information content (AvgIpc) is 3.25. The molecule has 2 aliphatic heterocycles. The molecule has 0 bridgehead atoms. The highest BCUT2D eigenvalue weighted by atomic mass is 16.5. The summed E-state index contributed by atoms with van der Waals surface area (Å²) in [6.07, 6.45) is 1.97. The highest BCUT2D eigenvalue weighted by Crippen LogP contribution is 2.24. The number of ether oxygens (including phenoxy) is 1. The smallest absolute Gasteiger partial charge is 0.324 e. The first-order valence-corrected chi connectivity index (χ1v) is 10.9. The molecule has 4 rings (SSSR count). The Kier molecular flexibility index (Phi) is 6.66. The topological polar surface area (TPSA) is 104 Å². The van der Waals surface area contributed by atoms with Crippen molar-refractivity contribution in [3.63, 3.8) is 0 Å². The van der Waals surface area contributed by atoms with Crippen LogP contribution >= 0.6 is 0 Å². The highest BCUT2D eigenvalue weighted by molar-refractivity contribution is 5.99. The van der Waals surface area contributed by atoms with Crippen LogP contribution in [0.5, 0.6) is 0 Å². The fraction of sp³-hybridized carbons (Fsp3) is 0.478. The van der Waals surface area contributed by atoms with Gasteiger partial charge in [-0.05, 0) is 17.7 Å². The van der Waals surface area contributed by atoms with E-state index in [0.29, 0.717) is 23.8 Å². The van der Waals surface area contributed by atoms with E-state index in [9.17, 15) is 4.79 Å². The van der Waals surface area contributed by atoms with Gasteiger partial charge in [-0.15, -0.1) is 0 Å². The van der Waals surface area contributed by atoms with Crippen LogP contribution in [0.4, 0.5) is 16.3 Å². The molecule has 2 N–H and O–H groups in total. The largest absolute Gasteiger partial charge is 0.379 e. The Labute approximate surface area is 187 Å². The van der Waals surface area contributed by atoms with Crippen LogP contribution in [-0.2, 0) is 10.2 Å². The molecule has 9 nitrogen and oxygen atoms in total. The minimum absolute atomic E-state index is 0.136. The fourth-order valence-corrected chi connectivity index (χ4v) is 3.49. The van der Waals surface area contributed by atoms with Crippen LogP contribution in [0.3, 0.4) is 0 Å². The number of amides is 2. The predicted molar refractivity (Wildman–Crippen MR) is 125 cm³/mol. The van der Waals surface area contributed by atoms with Gasteiger partial charge in [0.15, 0.2) is 5.82 Å². The third-order valence-corrected chi connectivity index (χ3v) is 5.43. The number of carbonyl (C=O) groups excluding carboxylic acids is 1. The lowest BCUT2D eigenvalue weighted by Gasteiger charge is -2.27. The fourth-order valence-electron chi connectivity index (χ4n) is 3.49. The van der Waals surface area contributed by atoms with Crippen molar-refractivity contribution in [3.05, 3.63) is 41.7 Å². The molecule has 2 aliphatic rings. The van der Waals surface area contributed by atoms with Crippen molar-refractivity contribution in [2.24, 2.45) is 9.98 Å². The number of aliphatic imine (C=N–C) groups is 2. The van der Waals surface area contributed by atoms with Crippen molar-refractivity contribution in [1.82, 2.24) is 10.1 Å². The molecule has 0 saturated carbocycles. The Morgan fingerprint density at radius 2 is 1.91 bits per heavy atom. The van der Waals surface area contributed by atoms with E-state index in [2.05, 4.69) is 30.7 Å². The number of nitrogens with one attached hydrogen (secondary N) is 2. The number of hydrogen-bond acceptors (Lipinski definition) is 7. The summed E-state index contributed by atoms with van der Waals surface area (Å²) in [5.41, 5.74) is 1.63. The van der Waals surface area contributed by atoms with E-state index in [1.54, 1.807) is 6.07 Å². The minimum Gasteiger partial charge on any atom is -0.379 e. The summed E-state index contributed by atoms with van der Waals surface area (Å²) in [4.78, 5) is 23.8. The summed E-state index contributed by atoms with van der Waals surface area (Å²) >= 11 is 0. The minimum atomic E-state index is -0.372. The van der Waals surface area contributed by atoms with Gasteiger partial charge in [0, 0.05) is 42.4 Å². The summed E-state index contributed by atoms with van der Waals surface area (Å²) in [6, 6.07) is 9.09. The van der Waals surface area contributed by atoms with Crippen LogP contribution in [0.2, 0.25) is 0 Å². The van der Waals surface area contributed by atoms with Gasteiger partial charge in [-0.3, -0.25) is 15.2 Å². The first kappa shape index (κ1) is 22.2. The number of rotatable bonds is 5. The van der Waals surface area contributed by atoms with Crippen LogP contribution in [0.1, 0.15) is 38.0 Å². The molecule has 0 spiro atoms. The molecule has 1 atom stereocenters. The second kappa shape index (κ2) is 9.62. The zero-order valence-electron chi connectivity index (χ0n) is 18.8. The van der Waals surface area contributed by atoms with Gasteiger partial charge in [0.2, 0.25) is 0 Å². The maximum absolute atomic E-state index is 12.3. The lowest BCUT2D eigenvalue weighted by molar-refractivity contribution is 0.0451. The van der Waals surface area contributed by atoms with E-state index in [1.807, 2.05) is 51.3 Å². The van der Waals surface area contributed by atoms with Gasteiger partial charge in [-0.25, -0.2) is 9.79 Å². The molecule has 0 aliphatic carbocycles. The number of urea groups is 1. The predicted octanol–water partition coefficient (Wildman–Crippen LogP) is 3.51. The number of aromatic nitrogens is 1. The molecule has 1 aromatic heterocycles. The molecular formula is C23H30N6O3. The van der Waals surface area contributed by atoms with E-state index >= 15 is 0 Å². The zero-order valence-corrected chi connectivity index (χ0v) is 18.8. The number of amidine groups is 1. The molecule has 3 heterocycles. The van der Waals surface area contributed by atoms with Gasteiger partial charge in [0.25, 0.3) is 0 Å². The van der Waals surface area contributed by atoms with Crippen molar-refractivity contribution in [1.29, 1.82) is 0 Å². The first-order valence-electron chi connectivity index (χ1n) is 10.9. The molecule has 9 heteroatoms.